The van der Waals surface area contributed by atoms with E-state index in [2.05, 4.69) is 20.8 Å². The average molecular weight is 472 g/mol. The van der Waals surface area contributed by atoms with Crippen molar-refractivity contribution in [3.8, 4) is 0 Å². The lowest BCUT2D eigenvalue weighted by molar-refractivity contribution is 0.102. The molecule has 0 bridgehead atoms. The first-order valence-electron chi connectivity index (χ1n) is 10.1. The fourth-order valence-corrected chi connectivity index (χ4v) is 4.80. The predicted molar refractivity (Wildman–Crippen MR) is 125 cm³/mol. The first kappa shape index (κ1) is 22.2. The lowest BCUT2D eigenvalue weighted by Crippen LogP contribution is -2.41. The second kappa shape index (κ2) is 10.1. The molecule has 2 heterocycles. The van der Waals surface area contributed by atoms with Gasteiger partial charge in [-0.25, -0.2) is 9.18 Å². The molecule has 1 aromatic heterocycles. The highest BCUT2D eigenvalue weighted by Gasteiger charge is 2.28. The zero-order chi connectivity index (χ0) is 22.5. The normalized spacial score (nSPS) is 15.9. The second-order valence-corrected chi connectivity index (χ2v) is 9.24. The van der Waals surface area contributed by atoms with E-state index in [0.29, 0.717) is 18.8 Å². The summed E-state index contributed by atoms with van der Waals surface area (Å²) in [6, 6.07) is 13.1. The largest absolute Gasteiger partial charge is 0.324 e. The number of urea groups is 1. The van der Waals surface area contributed by atoms with E-state index in [-0.39, 0.29) is 28.7 Å². The molecule has 0 spiro atoms. The molecule has 0 radical (unpaired) electrons. The molecule has 1 atom stereocenters. The Hall–Kier alpha value is -2.98. The van der Waals surface area contributed by atoms with Crippen molar-refractivity contribution < 1.29 is 14.0 Å². The smallest absolute Gasteiger partial charge is 0.321 e. The van der Waals surface area contributed by atoms with Crippen LogP contribution in [0.15, 0.2) is 53.4 Å². The van der Waals surface area contributed by atoms with Crippen molar-refractivity contribution in [1.29, 1.82) is 0 Å². The molecular formula is C22H22FN5O2S2. The summed E-state index contributed by atoms with van der Waals surface area (Å²) in [5.41, 5.74) is 1.25. The zero-order valence-corrected chi connectivity index (χ0v) is 19.0. The van der Waals surface area contributed by atoms with E-state index in [4.69, 9.17) is 0 Å². The average Bonchev–Trinajstić information content (AvgIpc) is 3.31. The van der Waals surface area contributed by atoms with Crippen LogP contribution in [0.5, 0.6) is 0 Å². The quantitative estimate of drug-likeness (QED) is 0.508. The van der Waals surface area contributed by atoms with E-state index in [1.807, 2.05) is 30.5 Å². The molecule has 1 aliphatic rings. The highest BCUT2D eigenvalue weighted by molar-refractivity contribution is 7.98. The lowest BCUT2D eigenvalue weighted by atomic mass is 9.99. The first-order valence-corrected chi connectivity index (χ1v) is 12.2. The molecule has 2 N–H and O–H groups in total. The molecule has 0 saturated carbocycles. The standard InChI is InChI=1S/C22H22FN5O2S2/c1-31-18-6-2-5-17(12-18)25-22(30)28-11-3-4-14(13-28)20-26-27-21(32-20)19(29)24-16-9-7-15(23)8-10-16/h2,5-10,12,14H,3-4,11,13H2,1H3,(H,24,29)(H,25,30). The highest BCUT2D eigenvalue weighted by atomic mass is 32.2. The molecule has 166 valence electrons. The van der Waals surface area contributed by atoms with Crippen molar-refractivity contribution in [2.75, 3.05) is 30.0 Å². The third kappa shape index (κ3) is 5.43. The maximum Gasteiger partial charge on any atom is 0.321 e. The minimum absolute atomic E-state index is 0.0249. The molecule has 1 fully saturated rings. The fraction of sp³-hybridized carbons (Fsp3) is 0.273. The summed E-state index contributed by atoms with van der Waals surface area (Å²) >= 11 is 2.84. The molecule has 10 heteroatoms. The van der Waals surface area contributed by atoms with Gasteiger partial charge in [0.25, 0.3) is 5.91 Å². The zero-order valence-electron chi connectivity index (χ0n) is 17.4. The Morgan fingerprint density at radius 2 is 1.94 bits per heavy atom. The number of anilines is 2. The molecule has 4 rings (SSSR count). The topological polar surface area (TPSA) is 87.2 Å². The molecule has 0 aliphatic carbocycles. The Kier molecular flexibility index (Phi) is 7.01. The first-order chi connectivity index (χ1) is 15.5. The number of amides is 3. The second-order valence-electron chi connectivity index (χ2n) is 7.35. The summed E-state index contributed by atoms with van der Waals surface area (Å²) in [5, 5.41) is 14.8. The molecule has 7 nitrogen and oxygen atoms in total. The van der Waals surface area contributed by atoms with Crippen LogP contribution in [0.1, 0.15) is 33.6 Å². The number of hydrogen-bond donors (Lipinski definition) is 2. The van der Waals surface area contributed by atoms with Crippen molar-refractivity contribution in [2.24, 2.45) is 0 Å². The number of likely N-dealkylation sites (tertiary alicyclic amines) is 1. The summed E-state index contributed by atoms with van der Waals surface area (Å²) in [7, 11) is 0. The Morgan fingerprint density at radius 3 is 2.72 bits per heavy atom. The number of carbonyl (C=O) groups excluding carboxylic acids is 2. The van der Waals surface area contributed by atoms with Crippen LogP contribution in [0.2, 0.25) is 0 Å². The molecule has 3 amide bonds. The van der Waals surface area contributed by atoms with E-state index in [1.165, 1.54) is 35.6 Å². The van der Waals surface area contributed by atoms with Gasteiger partial charge >= 0.3 is 6.03 Å². The summed E-state index contributed by atoms with van der Waals surface area (Å²) in [6.07, 6.45) is 3.71. The summed E-state index contributed by atoms with van der Waals surface area (Å²) in [5.74, 6) is -0.736. The van der Waals surface area contributed by atoms with Gasteiger partial charge in [-0.15, -0.1) is 22.0 Å². The Labute approximate surface area is 193 Å². The van der Waals surface area contributed by atoms with Crippen molar-refractivity contribution >= 4 is 46.4 Å². The Bertz CT molecular complexity index is 1110. The lowest BCUT2D eigenvalue weighted by Gasteiger charge is -2.31. The van der Waals surface area contributed by atoms with E-state index in [1.54, 1.807) is 16.7 Å². The maximum absolute atomic E-state index is 13.0. The van der Waals surface area contributed by atoms with E-state index in [9.17, 15) is 14.0 Å². The Morgan fingerprint density at radius 1 is 1.12 bits per heavy atom. The molecule has 3 aromatic rings. The van der Waals surface area contributed by atoms with Crippen LogP contribution in [-0.4, -0.2) is 46.4 Å². The number of halogens is 1. The molecule has 32 heavy (non-hydrogen) atoms. The highest BCUT2D eigenvalue weighted by Crippen LogP contribution is 2.30. The van der Waals surface area contributed by atoms with E-state index in [0.717, 1.165) is 28.4 Å². The van der Waals surface area contributed by atoms with Gasteiger partial charge in [-0.1, -0.05) is 17.4 Å². The van der Waals surface area contributed by atoms with Crippen LogP contribution < -0.4 is 10.6 Å². The summed E-state index contributed by atoms with van der Waals surface area (Å²) in [6.45, 7) is 1.18. The van der Waals surface area contributed by atoms with E-state index < -0.39 is 0 Å². The number of hydrogen-bond acceptors (Lipinski definition) is 6. The van der Waals surface area contributed by atoms with Crippen molar-refractivity contribution in [3.05, 3.63) is 64.4 Å². The van der Waals surface area contributed by atoms with Crippen LogP contribution in [0.3, 0.4) is 0 Å². The van der Waals surface area contributed by atoms with Gasteiger partial charge in [-0.2, -0.15) is 0 Å². The number of aromatic nitrogens is 2. The third-order valence-electron chi connectivity index (χ3n) is 5.12. The number of rotatable bonds is 5. The monoisotopic (exact) mass is 471 g/mol. The number of benzene rings is 2. The van der Waals surface area contributed by atoms with Gasteiger partial charge in [-0.05, 0) is 61.6 Å². The van der Waals surface area contributed by atoms with Crippen molar-refractivity contribution in [3.63, 3.8) is 0 Å². The van der Waals surface area contributed by atoms with Crippen LogP contribution in [0.25, 0.3) is 0 Å². The summed E-state index contributed by atoms with van der Waals surface area (Å²) in [4.78, 5) is 28.1. The minimum atomic E-state index is -0.389. The van der Waals surface area contributed by atoms with Crippen LogP contribution >= 0.6 is 23.1 Å². The van der Waals surface area contributed by atoms with Gasteiger partial charge in [0.15, 0.2) is 0 Å². The van der Waals surface area contributed by atoms with Crippen molar-refractivity contribution in [2.45, 2.75) is 23.7 Å². The SMILES string of the molecule is CSc1cccc(NC(=O)N2CCCC(c3nnc(C(=O)Nc4ccc(F)cc4)s3)C2)c1. The molecule has 1 unspecified atom stereocenters. The van der Waals surface area contributed by atoms with Gasteiger partial charge in [0.2, 0.25) is 5.01 Å². The Balaban J connectivity index is 1.38. The minimum Gasteiger partial charge on any atom is -0.324 e. The summed E-state index contributed by atoms with van der Waals surface area (Å²) < 4.78 is 13.0. The molecule has 1 aliphatic heterocycles. The van der Waals surface area contributed by atoms with Gasteiger partial charge < -0.3 is 15.5 Å². The van der Waals surface area contributed by atoms with Gasteiger partial charge in [0.05, 0.1) is 0 Å². The van der Waals surface area contributed by atoms with Crippen molar-refractivity contribution in [1.82, 2.24) is 15.1 Å². The van der Waals surface area contributed by atoms with Crippen LogP contribution in [0, 0.1) is 5.82 Å². The maximum atomic E-state index is 13.0. The molecular weight excluding hydrogens is 449 g/mol. The van der Waals surface area contributed by atoms with Crippen LogP contribution in [-0.2, 0) is 0 Å². The van der Waals surface area contributed by atoms with Gasteiger partial charge in [0, 0.05) is 35.3 Å². The number of piperidine rings is 1. The number of nitrogens with one attached hydrogen (secondary N) is 2. The number of nitrogens with zero attached hydrogens (tertiary/aromatic N) is 3. The third-order valence-corrected chi connectivity index (χ3v) is 6.93. The molecule has 1 saturated heterocycles. The van der Waals surface area contributed by atoms with Gasteiger partial charge in [-0.3, -0.25) is 4.79 Å². The van der Waals surface area contributed by atoms with Gasteiger partial charge in [0.1, 0.15) is 10.8 Å². The predicted octanol–water partition coefficient (Wildman–Crippen LogP) is 5.06. The number of carbonyl (C=O) groups is 2. The van der Waals surface area contributed by atoms with Crippen LogP contribution in [0.4, 0.5) is 20.6 Å². The van der Waals surface area contributed by atoms with E-state index >= 15 is 0 Å². The number of thioether (sulfide) groups is 1. The molecule has 2 aromatic carbocycles. The fourth-order valence-electron chi connectivity index (χ4n) is 3.48.